The summed E-state index contributed by atoms with van der Waals surface area (Å²) in [4.78, 5) is 21.2. The van der Waals surface area contributed by atoms with Crippen LogP contribution in [0.2, 0.25) is 0 Å². The summed E-state index contributed by atoms with van der Waals surface area (Å²) in [6.45, 7) is 2.14. The molecule has 64 heavy (non-hydrogen) atoms. The Labute approximate surface area is 369 Å². The molecule has 0 spiro atoms. The minimum atomic E-state index is -0.244. The molecule has 0 radical (unpaired) electrons. The van der Waals surface area contributed by atoms with E-state index >= 15 is 0 Å². The first-order valence-corrected chi connectivity index (χ1v) is 21.5. The quantitative estimate of drug-likeness (QED) is 0.160. The number of amidine groups is 1. The minimum absolute atomic E-state index is 0.244. The molecule has 1 atom stereocenters. The zero-order chi connectivity index (χ0) is 42.6. The SMILES string of the molecule is CC1=CC(c2ccc(-c3ccccc3)cc2)=NC(c2cccc3c2oc2c(-c4cccc5oc6c(-c7ccccc7)nc(-c7ccccc7)nc6c45)cccc23)=NC1c1ccccc1. The molecule has 1 aliphatic rings. The van der Waals surface area contributed by atoms with E-state index in [1.807, 2.05) is 72.8 Å². The summed E-state index contributed by atoms with van der Waals surface area (Å²) in [5.41, 5.74) is 15.3. The molecule has 1 aliphatic heterocycles. The number of hydrogen-bond donors (Lipinski definition) is 0. The van der Waals surface area contributed by atoms with Crippen LogP contribution in [0.15, 0.2) is 231 Å². The number of hydrogen-bond acceptors (Lipinski definition) is 6. The molecule has 0 aliphatic carbocycles. The second kappa shape index (κ2) is 15.5. The number of aromatic nitrogens is 2. The zero-order valence-corrected chi connectivity index (χ0v) is 34.8. The van der Waals surface area contributed by atoms with E-state index in [0.717, 1.165) is 99.9 Å². The van der Waals surface area contributed by atoms with Crippen molar-refractivity contribution < 1.29 is 8.83 Å². The van der Waals surface area contributed by atoms with E-state index in [-0.39, 0.29) is 6.04 Å². The number of para-hydroxylation sites is 2. The summed E-state index contributed by atoms with van der Waals surface area (Å²) in [7, 11) is 0. The van der Waals surface area contributed by atoms with Crippen LogP contribution in [0, 0.1) is 0 Å². The molecule has 0 fully saturated rings. The second-order valence-electron chi connectivity index (χ2n) is 16.1. The van der Waals surface area contributed by atoms with Gasteiger partial charge in [-0.2, -0.15) is 0 Å². The van der Waals surface area contributed by atoms with Crippen molar-refractivity contribution >= 4 is 55.6 Å². The summed E-state index contributed by atoms with van der Waals surface area (Å²) in [6, 6.07) is 68.3. The van der Waals surface area contributed by atoms with Gasteiger partial charge in [0.15, 0.2) is 17.2 Å². The first kappa shape index (κ1) is 37.3. The van der Waals surface area contributed by atoms with E-state index in [1.165, 1.54) is 5.56 Å². The number of rotatable bonds is 7. The molecule has 0 bridgehead atoms. The van der Waals surface area contributed by atoms with Crippen molar-refractivity contribution in [1.29, 1.82) is 0 Å². The third kappa shape index (κ3) is 6.43. The van der Waals surface area contributed by atoms with Crippen molar-refractivity contribution in [3.63, 3.8) is 0 Å². The lowest BCUT2D eigenvalue weighted by Gasteiger charge is -2.13. The monoisotopic (exact) mass is 822 g/mol. The van der Waals surface area contributed by atoms with Gasteiger partial charge in [-0.05, 0) is 53.0 Å². The van der Waals surface area contributed by atoms with Crippen LogP contribution >= 0.6 is 0 Å². The van der Waals surface area contributed by atoms with Gasteiger partial charge in [-0.1, -0.05) is 188 Å². The van der Waals surface area contributed by atoms with Gasteiger partial charge < -0.3 is 8.83 Å². The maximum Gasteiger partial charge on any atom is 0.180 e. The molecule has 4 heterocycles. The number of aliphatic imine (C=N–C) groups is 2. The summed E-state index contributed by atoms with van der Waals surface area (Å²) in [6.07, 6.45) is 2.18. The van der Waals surface area contributed by atoms with Crippen LogP contribution in [0.25, 0.3) is 88.9 Å². The molecule has 6 nitrogen and oxygen atoms in total. The molecule has 3 aromatic heterocycles. The van der Waals surface area contributed by atoms with Crippen molar-refractivity contribution in [3.05, 3.63) is 229 Å². The Kier molecular flexibility index (Phi) is 9.01. The average molecular weight is 823 g/mol. The maximum atomic E-state index is 7.13. The third-order valence-corrected chi connectivity index (χ3v) is 12.2. The molecule has 8 aromatic carbocycles. The van der Waals surface area contributed by atoms with E-state index in [9.17, 15) is 0 Å². The second-order valence-corrected chi connectivity index (χ2v) is 16.1. The van der Waals surface area contributed by atoms with Gasteiger partial charge in [0, 0.05) is 33.0 Å². The summed E-state index contributed by atoms with van der Waals surface area (Å²) in [5.74, 6) is 1.24. The predicted octanol–water partition coefficient (Wildman–Crippen LogP) is 14.9. The van der Waals surface area contributed by atoms with Gasteiger partial charge in [-0.3, -0.25) is 4.99 Å². The van der Waals surface area contributed by atoms with E-state index in [0.29, 0.717) is 17.2 Å². The number of allylic oxidation sites excluding steroid dienone is 1. The highest BCUT2D eigenvalue weighted by Gasteiger charge is 2.25. The van der Waals surface area contributed by atoms with Gasteiger partial charge in [-0.15, -0.1) is 0 Å². The van der Waals surface area contributed by atoms with Gasteiger partial charge >= 0.3 is 0 Å². The molecule has 6 heteroatoms. The Hall–Kier alpha value is -8.48. The Morgan fingerprint density at radius 2 is 1.00 bits per heavy atom. The molecule has 0 amide bonds. The Balaban J connectivity index is 1.05. The fraction of sp³-hybridized carbons (Fsp3) is 0.0345. The molecular weight excluding hydrogens is 785 g/mol. The van der Waals surface area contributed by atoms with Gasteiger partial charge in [0.1, 0.15) is 28.0 Å². The Bertz CT molecular complexity index is 3640. The zero-order valence-electron chi connectivity index (χ0n) is 34.8. The lowest BCUT2D eigenvalue weighted by molar-refractivity contribution is 0.667. The highest BCUT2D eigenvalue weighted by atomic mass is 16.3. The third-order valence-electron chi connectivity index (χ3n) is 12.2. The summed E-state index contributed by atoms with van der Waals surface area (Å²) in [5, 5.41) is 2.87. The summed E-state index contributed by atoms with van der Waals surface area (Å²) >= 11 is 0. The molecule has 11 aromatic rings. The van der Waals surface area contributed by atoms with Gasteiger partial charge in [0.25, 0.3) is 0 Å². The standard InChI is InChI=1S/C58H38N4O2/c1-36-35-48(39-33-31-38(32-34-39)37-17-6-2-7-18-37)59-58(60-51(36)40-19-8-3-9-20-40)47-29-15-28-46-45-27-14-26-44(54(45)64-55(46)47)43-25-16-30-49-50(43)53-56(63-49)52(41-21-10-4-11-22-41)61-57(62-53)42-23-12-5-13-24-42/h2-35,51H,1H3. The number of nitrogens with zero attached hydrogens (tertiary/aromatic N) is 4. The van der Waals surface area contributed by atoms with E-state index < -0.39 is 0 Å². The van der Waals surface area contributed by atoms with Crippen molar-refractivity contribution in [2.75, 3.05) is 0 Å². The van der Waals surface area contributed by atoms with Crippen molar-refractivity contribution in [2.45, 2.75) is 13.0 Å². The van der Waals surface area contributed by atoms with Crippen LogP contribution in [-0.4, -0.2) is 21.5 Å². The topological polar surface area (TPSA) is 76.8 Å². The average Bonchev–Trinajstić information content (AvgIpc) is 3.89. The lowest BCUT2D eigenvalue weighted by atomic mass is 9.97. The molecule has 0 saturated carbocycles. The van der Waals surface area contributed by atoms with Crippen LogP contribution in [0.5, 0.6) is 0 Å². The fourth-order valence-corrected chi connectivity index (χ4v) is 9.04. The molecule has 0 N–H and O–H groups in total. The Morgan fingerprint density at radius 3 is 1.70 bits per heavy atom. The minimum Gasteiger partial charge on any atom is -0.455 e. The first-order chi connectivity index (χ1) is 31.6. The lowest BCUT2D eigenvalue weighted by Crippen LogP contribution is -2.04. The smallest absolute Gasteiger partial charge is 0.180 e. The molecule has 302 valence electrons. The van der Waals surface area contributed by atoms with Crippen LogP contribution in [0.4, 0.5) is 0 Å². The highest BCUT2D eigenvalue weighted by molar-refractivity contribution is 6.23. The van der Waals surface area contributed by atoms with Gasteiger partial charge in [0.05, 0.1) is 22.7 Å². The maximum absolute atomic E-state index is 7.13. The van der Waals surface area contributed by atoms with Gasteiger partial charge in [-0.25, -0.2) is 15.0 Å². The molecule has 0 saturated heterocycles. The molecule has 1 unspecified atom stereocenters. The summed E-state index contributed by atoms with van der Waals surface area (Å²) < 4.78 is 13.8. The molecular formula is C58H38N4O2. The number of furan rings is 2. The largest absolute Gasteiger partial charge is 0.455 e. The predicted molar refractivity (Wildman–Crippen MR) is 261 cm³/mol. The van der Waals surface area contributed by atoms with Crippen LogP contribution in [0.1, 0.15) is 29.7 Å². The number of fused-ring (bicyclic) bond motifs is 6. The van der Waals surface area contributed by atoms with Crippen LogP contribution < -0.4 is 0 Å². The van der Waals surface area contributed by atoms with E-state index in [1.54, 1.807) is 0 Å². The van der Waals surface area contributed by atoms with Crippen molar-refractivity contribution in [3.8, 4) is 44.9 Å². The van der Waals surface area contributed by atoms with Crippen molar-refractivity contribution in [1.82, 2.24) is 9.97 Å². The normalized spacial score (nSPS) is 14.1. The first-order valence-electron chi connectivity index (χ1n) is 21.5. The highest BCUT2D eigenvalue weighted by Crippen LogP contribution is 2.44. The van der Waals surface area contributed by atoms with E-state index in [4.69, 9.17) is 28.8 Å². The van der Waals surface area contributed by atoms with E-state index in [2.05, 4.69) is 140 Å². The molecule has 12 rings (SSSR count). The van der Waals surface area contributed by atoms with Crippen molar-refractivity contribution in [2.24, 2.45) is 9.98 Å². The van der Waals surface area contributed by atoms with Crippen LogP contribution in [-0.2, 0) is 0 Å². The van der Waals surface area contributed by atoms with Gasteiger partial charge in [0.2, 0.25) is 0 Å². The van der Waals surface area contributed by atoms with Crippen LogP contribution in [0.3, 0.4) is 0 Å². The fourth-order valence-electron chi connectivity index (χ4n) is 9.04. The number of benzene rings is 8. The Morgan fingerprint density at radius 1 is 0.438 bits per heavy atom.